The SMILES string of the molecule is CC(C)N(C(C)C)P(F)OCCC#N. The lowest BCUT2D eigenvalue weighted by Crippen LogP contribution is -2.31. The van der Waals surface area contributed by atoms with Crippen molar-refractivity contribution in [1.82, 2.24) is 4.67 Å². The third-order valence-electron chi connectivity index (χ3n) is 1.65. The number of hydrogen-bond donors (Lipinski definition) is 0. The summed E-state index contributed by atoms with van der Waals surface area (Å²) in [7, 11) is -2.05. The smallest absolute Gasteiger partial charge is 0.304 e. The molecule has 5 heteroatoms. The topological polar surface area (TPSA) is 36.3 Å². The van der Waals surface area contributed by atoms with E-state index in [9.17, 15) is 4.20 Å². The summed E-state index contributed by atoms with van der Waals surface area (Å²) in [6, 6.07) is 2.16. The van der Waals surface area contributed by atoms with Crippen molar-refractivity contribution < 1.29 is 8.72 Å². The summed E-state index contributed by atoms with van der Waals surface area (Å²) < 4.78 is 20.2. The van der Waals surface area contributed by atoms with Crippen LogP contribution in [0.25, 0.3) is 0 Å². The Balaban J connectivity index is 4.03. The van der Waals surface area contributed by atoms with Gasteiger partial charge < -0.3 is 4.52 Å². The van der Waals surface area contributed by atoms with E-state index >= 15 is 0 Å². The van der Waals surface area contributed by atoms with E-state index < -0.39 is 8.61 Å². The Hall–Kier alpha value is -0.230. The van der Waals surface area contributed by atoms with Gasteiger partial charge in [0.1, 0.15) is 0 Å². The monoisotopic (exact) mass is 220 g/mol. The van der Waals surface area contributed by atoms with Gasteiger partial charge in [-0.3, -0.25) is 0 Å². The van der Waals surface area contributed by atoms with Crippen molar-refractivity contribution >= 4 is 8.61 Å². The average molecular weight is 220 g/mol. The van der Waals surface area contributed by atoms with E-state index in [1.54, 1.807) is 4.67 Å². The third-order valence-corrected chi connectivity index (χ3v) is 3.33. The molecule has 1 atom stereocenters. The summed E-state index contributed by atoms with van der Waals surface area (Å²) in [5.41, 5.74) is 0. The quantitative estimate of drug-likeness (QED) is 0.509. The molecule has 0 heterocycles. The van der Waals surface area contributed by atoms with Crippen LogP contribution >= 0.6 is 8.61 Å². The second-order valence-corrected chi connectivity index (χ2v) is 4.71. The van der Waals surface area contributed by atoms with Crippen LogP contribution in [0.2, 0.25) is 0 Å². The Morgan fingerprint density at radius 1 is 1.36 bits per heavy atom. The van der Waals surface area contributed by atoms with Gasteiger partial charge in [-0.15, -0.1) is 0 Å². The van der Waals surface area contributed by atoms with Crippen LogP contribution in [0.15, 0.2) is 0 Å². The van der Waals surface area contributed by atoms with Crippen LogP contribution in [-0.4, -0.2) is 23.4 Å². The number of halogens is 1. The molecule has 14 heavy (non-hydrogen) atoms. The van der Waals surface area contributed by atoms with E-state index in [0.717, 1.165) is 0 Å². The van der Waals surface area contributed by atoms with Crippen LogP contribution in [0.4, 0.5) is 4.20 Å². The fourth-order valence-electron chi connectivity index (χ4n) is 1.19. The molecule has 1 unspecified atom stereocenters. The van der Waals surface area contributed by atoms with Gasteiger partial charge >= 0.3 is 8.61 Å². The lowest BCUT2D eigenvalue weighted by atomic mass is 10.3. The van der Waals surface area contributed by atoms with Gasteiger partial charge in [0, 0.05) is 12.1 Å². The van der Waals surface area contributed by atoms with Gasteiger partial charge in [0.15, 0.2) is 0 Å². The highest BCUT2D eigenvalue weighted by Gasteiger charge is 2.25. The van der Waals surface area contributed by atoms with E-state index in [1.165, 1.54) is 0 Å². The van der Waals surface area contributed by atoms with Crippen LogP contribution in [0.1, 0.15) is 34.1 Å². The van der Waals surface area contributed by atoms with Crippen LogP contribution < -0.4 is 0 Å². The normalized spacial score (nSPS) is 13.6. The Labute approximate surface area is 86.9 Å². The van der Waals surface area contributed by atoms with Crippen LogP contribution in [0.5, 0.6) is 0 Å². The molecule has 0 fully saturated rings. The molecule has 0 rings (SSSR count). The Bertz CT molecular complexity index is 186. The first-order valence-corrected chi connectivity index (χ1v) is 5.85. The molecule has 0 amide bonds. The Kier molecular flexibility index (Phi) is 7.00. The maximum Gasteiger partial charge on any atom is 0.304 e. The molecular formula is C9H18FN2OP. The minimum Gasteiger partial charge on any atom is -0.318 e. The highest BCUT2D eigenvalue weighted by atomic mass is 31.2. The second kappa shape index (κ2) is 7.11. The van der Waals surface area contributed by atoms with Crippen molar-refractivity contribution in [3.8, 4) is 6.07 Å². The maximum absolute atomic E-state index is 13.6. The summed E-state index contributed by atoms with van der Waals surface area (Å²) in [5.74, 6) is 0. The van der Waals surface area contributed by atoms with Gasteiger partial charge in [-0.2, -0.15) is 9.46 Å². The van der Waals surface area contributed by atoms with Crippen LogP contribution in [0.3, 0.4) is 0 Å². The molecule has 3 nitrogen and oxygen atoms in total. The van der Waals surface area contributed by atoms with Gasteiger partial charge in [0.25, 0.3) is 0 Å². The first kappa shape index (κ1) is 13.8. The third kappa shape index (κ3) is 4.85. The molecule has 0 saturated carbocycles. The number of rotatable bonds is 6. The maximum atomic E-state index is 13.6. The van der Waals surface area contributed by atoms with Gasteiger partial charge in [-0.25, -0.2) is 4.67 Å². The van der Waals surface area contributed by atoms with Crippen molar-refractivity contribution in [3.63, 3.8) is 0 Å². The van der Waals surface area contributed by atoms with Crippen LogP contribution in [-0.2, 0) is 4.52 Å². The zero-order valence-corrected chi connectivity index (χ0v) is 10.1. The molecular weight excluding hydrogens is 202 g/mol. The molecule has 0 saturated heterocycles. The van der Waals surface area contributed by atoms with Gasteiger partial charge in [-0.05, 0) is 27.7 Å². The number of hydrogen-bond acceptors (Lipinski definition) is 3. The van der Waals surface area contributed by atoms with Crippen molar-refractivity contribution in [2.24, 2.45) is 0 Å². The van der Waals surface area contributed by atoms with E-state index in [4.69, 9.17) is 9.79 Å². The molecule has 0 aromatic rings. The fraction of sp³-hybridized carbons (Fsp3) is 0.889. The Morgan fingerprint density at radius 2 is 1.86 bits per heavy atom. The van der Waals surface area contributed by atoms with Crippen molar-refractivity contribution in [3.05, 3.63) is 0 Å². The first-order valence-electron chi connectivity index (χ1n) is 4.74. The zero-order valence-electron chi connectivity index (χ0n) is 9.20. The predicted molar refractivity (Wildman–Crippen MR) is 56.3 cm³/mol. The zero-order chi connectivity index (χ0) is 11.1. The van der Waals surface area contributed by atoms with Crippen LogP contribution in [0, 0.1) is 11.3 Å². The molecule has 0 radical (unpaired) electrons. The minimum atomic E-state index is -2.05. The number of nitrogens with zero attached hydrogens (tertiary/aromatic N) is 2. The molecule has 0 aliphatic heterocycles. The molecule has 0 aliphatic carbocycles. The predicted octanol–water partition coefficient (Wildman–Crippen LogP) is 3.23. The molecule has 0 N–H and O–H groups in total. The molecule has 0 aliphatic rings. The lowest BCUT2D eigenvalue weighted by Gasteiger charge is -2.31. The van der Waals surface area contributed by atoms with E-state index in [-0.39, 0.29) is 25.1 Å². The molecule has 82 valence electrons. The molecule has 0 aromatic carbocycles. The highest BCUT2D eigenvalue weighted by molar-refractivity contribution is 7.44. The van der Waals surface area contributed by atoms with E-state index in [0.29, 0.717) is 0 Å². The summed E-state index contributed by atoms with van der Waals surface area (Å²) >= 11 is 0. The standard InChI is InChI=1S/C9H18FN2OP/c1-8(2)12(9(3)4)14(10)13-7-5-6-11/h8-9H,5,7H2,1-4H3. The van der Waals surface area contributed by atoms with Crippen molar-refractivity contribution in [2.45, 2.75) is 46.2 Å². The number of nitriles is 1. The summed E-state index contributed by atoms with van der Waals surface area (Å²) in [6.07, 6.45) is 0.243. The summed E-state index contributed by atoms with van der Waals surface area (Å²) in [6.45, 7) is 7.91. The first-order chi connectivity index (χ1) is 6.50. The van der Waals surface area contributed by atoms with Crippen molar-refractivity contribution in [1.29, 1.82) is 5.26 Å². The largest absolute Gasteiger partial charge is 0.318 e. The second-order valence-electron chi connectivity index (χ2n) is 3.54. The molecule has 0 bridgehead atoms. The minimum absolute atomic E-state index is 0.119. The van der Waals surface area contributed by atoms with E-state index in [2.05, 4.69) is 0 Å². The molecule has 0 aromatic heterocycles. The van der Waals surface area contributed by atoms with Crippen molar-refractivity contribution in [2.75, 3.05) is 6.61 Å². The summed E-state index contributed by atoms with van der Waals surface area (Å²) in [4.78, 5) is 0. The Morgan fingerprint density at radius 3 is 2.21 bits per heavy atom. The summed E-state index contributed by atoms with van der Waals surface area (Å²) in [5, 5.41) is 8.28. The van der Waals surface area contributed by atoms with Gasteiger partial charge in [0.05, 0.1) is 19.1 Å². The fourth-order valence-corrected chi connectivity index (χ4v) is 2.29. The molecule has 0 spiro atoms. The van der Waals surface area contributed by atoms with Gasteiger partial charge in [0.2, 0.25) is 0 Å². The van der Waals surface area contributed by atoms with E-state index in [1.807, 2.05) is 33.8 Å². The highest BCUT2D eigenvalue weighted by Crippen LogP contribution is 2.45. The lowest BCUT2D eigenvalue weighted by molar-refractivity contribution is 0.235. The average Bonchev–Trinajstić information content (AvgIpc) is 2.03. The van der Waals surface area contributed by atoms with Gasteiger partial charge in [-0.1, -0.05) is 0 Å².